The van der Waals surface area contributed by atoms with E-state index in [1.54, 1.807) is 25.2 Å². The van der Waals surface area contributed by atoms with Crippen LogP contribution in [0.3, 0.4) is 0 Å². The lowest BCUT2D eigenvalue weighted by Gasteiger charge is -2.41. The molecule has 2 fully saturated rings. The number of benzene rings is 2. The summed E-state index contributed by atoms with van der Waals surface area (Å²) in [6.45, 7) is 5.98. The number of hydrogen-bond acceptors (Lipinski definition) is 7. The van der Waals surface area contributed by atoms with E-state index in [0.717, 1.165) is 11.1 Å². The Labute approximate surface area is 255 Å². The summed E-state index contributed by atoms with van der Waals surface area (Å²) in [5.41, 5.74) is 3.12. The molecule has 0 bridgehead atoms. The minimum atomic E-state index is -3.76. The van der Waals surface area contributed by atoms with Gasteiger partial charge in [-0.25, -0.2) is 13.1 Å². The van der Waals surface area contributed by atoms with Gasteiger partial charge in [-0.2, -0.15) is 0 Å². The summed E-state index contributed by atoms with van der Waals surface area (Å²) in [6.07, 6.45) is 3.49. The summed E-state index contributed by atoms with van der Waals surface area (Å²) in [4.78, 5) is 26.8. The van der Waals surface area contributed by atoms with E-state index in [2.05, 4.69) is 40.5 Å². The summed E-state index contributed by atoms with van der Waals surface area (Å²) >= 11 is 0. The van der Waals surface area contributed by atoms with E-state index < -0.39 is 10.0 Å². The normalized spacial score (nSPS) is 20.7. The number of carbonyl (C=O) groups is 2. The van der Waals surface area contributed by atoms with Gasteiger partial charge >= 0.3 is 5.97 Å². The van der Waals surface area contributed by atoms with Crippen molar-refractivity contribution in [3.8, 4) is 11.8 Å². The second-order valence-corrected chi connectivity index (χ2v) is 13.3. The van der Waals surface area contributed by atoms with Gasteiger partial charge in [0.1, 0.15) is 0 Å². The van der Waals surface area contributed by atoms with Gasteiger partial charge in [0, 0.05) is 43.1 Å². The van der Waals surface area contributed by atoms with Crippen LogP contribution in [0.15, 0.2) is 47.4 Å². The van der Waals surface area contributed by atoms with Crippen molar-refractivity contribution in [1.29, 1.82) is 0 Å². The van der Waals surface area contributed by atoms with Gasteiger partial charge in [-0.3, -0.25) is 9.59 Å². The van der Waals surface area contributed by atoms with Crippen molar-refractivity contribution in [3.05, 3.63) is 59.2 Å². The Morgan fingerprint density at radius 1 is 1.07 bits per heavy atom. The van der Waals surface area contributed by atoms with Gasteiger partial charge < -0.3 is 19.7 Å². The largest absolute Gasteiger partial charge is 0.469 e. The summed E-state index contributed by atoms with van der Waals surface area (Å²) in [6, 6.07) is 12.4. The minimum absolute atomic E-state index is 0.0788. The molecule has 43 heavy (non-hydrogen) atoms. The average molecular weight is 610 g/mol. The Morgan fingerprint density at radius 3 is 2.44 bits per heavy atom. The van der Waals surface area contributed by atoms with Crippen LogP contribution in [0.5, 0.6) is 0 Å². The number of rotatable bonds is 9. The maximum Gasteiger partial charge on any atom is 0.305 e. The quantitative estimate of drug-likeness (QED) is 0.327. The molecule has 1 heterocycles. The van der Waals surface area contributed by atoms with Crippen molar-refractivity contribution in [2.24, 2.45) is 11.8 Å². The molecule has 232 valence electrons. The first kappa shape index (κ1) is 32.5. The maximum absolute atomic E-state index is 13.3. The summed E-state index contributed by atoms with van der Waals surface area (Å²) in [5.74, 6) is 6.43. The van der Waals surface area contributed by atoms with Gasteiger partial charge in [-0.05, 0) is 73.9 Å². The molecule has 2 N–H and O–H groups in total. The predicted octanol–water partition coefficient (Wildman–Crippen LogP) is 3.95. The molecule has 2 aromatic carbocycles. The first-order chi connectivity index (χ1) is 20.6. The number of nitrogens with zero attached hydrogens (tertiary/aromatic N) is 1. The van der Waals surface area contributed by atoms with Crippen LogP contribution < -0.4 is 10.0 Å². The van der Waals surface area contributed by atoms with Crippen molar-refractivity contribution in [1.82, 2.24) is 9.62 Å². The number of esters is 1. The molecule has 0 spiro atoms. The minimum Gasteiger partial charge on any atom is -0.469 e. The van der Waals surface area contributed by atoms with E-state index >= 15 is 0 Å². The van der Waals surface area contributed by atoms with Crippen LogP contribution >= 0.6 is 0 Å². The first-order valence-corrected chi connectivity index (χ1v) is 16.5. The Bertz CT molecular complexity index is 1440. The van der Waals surface area contributed by atoms with E-state index in [1.165, 1.54) is 7.11 Å². The van der Waals surface area contributed by atoms with Crippen LogP contribution in [0.2, 0.25) is 0 Å². The Morgan fingerprint density at radius 2 is 1.79 bits per heavy atom. The van der Waals surface area contributed by atoms with Crippen molar-refractivity contribution in [2.45, 2.75) is 69.4 Å². The highest BCUT2D eigenvalue weighted by Gasteiger charge is 2.36. The first-order valence-electron chi connectivity index (χ1n) is 15.0. The van der Waals surface area contributed by atoms with Crippen LogP contribution in [-0.4, -0.2) is 71.2 Å². The fraction of sp³-hybridized carbons (Fsp3) is 0.515. The molecule has 0 unspecified atom stereocenters. The lowest BCUT2D eigenvalue weighted by atomic mass is 9.85. The van der Waals surface area contributed by atoms with E-state index in [4.69, 9.17) is 4.74 Å². The van der Waals surface area contributed by atoms with Gasteiger partial charge in [-0.15, -0.1) is 0 Å². The third-order valence-corrected chi connectivity index (χ3v) is 9.85. The molecular weight excluding hydrogens is 566 g/mol. The van der Waals surface area contributed by atoms with Crippen LogP contribution in [0.25, 0.3) is 0 Å². The lowest BCUT2D eigenvalue weighted by Crippen LogP contribution is -2.53. The Kier molecular flexibility index (Phi) is 11.2. The third-order valence-electron chi connectivity index (χ3n) is 8.33. The van der Waals surface area contributed by atoms with E-state index in [9.17, 15) is 18.0 Å². The van der Waals surface area contributed by atoms with Crippen molar-refractivity contribution in [3.63, 3.8) is 0 Å². The molecule has 1 aliphatic carbocycles. The zero-order chi connectivity index (χ0) is 31.0. The zero-order valence-electron chi connectivity index (χ0n) is 25.5. The molecule has 4 rings (SSSR count). The molecule has 1 saturated carbocycles. The number of amides is 1. The molecule has 9 nitrogen and oxygen atoms in total. The van der Waals surface area contributed by atoms with Crippen LogP contribution in [0.4, 0.5) is 5.69 Å². The van der Waals surface area contributed by atoms with Gasteiger partial charge in [-0.1, -0.05) is 37.8 Å². The van der Waals surface area contributed by atoms with E-state index in [-0.39, 0.29) is 34.8 Å². The highest BCUT2D eigenvalue weighted by Crippen LogP contribution is 2.30. The third kappa shape index (κ3) is 8.59. The Hall–Kier alpha value is -3.39. The molecule has 1 saturated heterocycles. The van der Waals surface area contributed by atoms with Gasteiger partial charge in [0.2, 0.25) is 15.9 Å². The predicted molar refractivity (Wildman–Crippen MR) is 166 cm³/mol. The second kappa shape index (κ2) is 14.9. The monoisotopic (exact) mass is 609 g/mol. The molecular formula is C33H43N3O6S. The number of ether oxygens (including phenoxy) is 2. The fourth-order valence-corrected chi connectivity index (χ4v) is 7.01. The van der Waals surface area contributed by atoms with E-state index in [1.807, 2.05) is 29.2 Å². The summed E-state index contributed by atoms with van der Waals surface area (Å²) in [5, 5.41) is 3.06. The molecule has 1 amide bonds. The molecule has 2 aliphatic rings. The summed E-state index contributed by atoms with van der Waals surface area (Å²) < 4.78 is 39.7. The number of nitrogens with one attached hydrogen (secondary N) is 2. The van der Waals surface area contributed by atoms with Crippen LogP contribution in [-0.2, 0) is 35.5 Å². The second-order valence-electron chi connectivity index (χ2n) is 11.6. The van der Waals surface area contributed by atoms with Crippen LogP contribution in [0, 0.1) is 23.7 Å². The summed E-state index contributed by atoms with van der Waals surface area (Å²) in [7, 11) is -0.644. The fourth-order valence-electron chi connectivity index (χ4n) is 5.68. The molecule has 0 radical (unpaired) electrons. The van der Waals surface area contributed by atoms with Gasteiger partial charge in [0.05, 0.1) is 36.9 Å². The van der Waals surface area contributed by atoms with Gasteiger partial charge in [0.15, 0.2) is 0 Å². The molecule has 1 aliphatic heterocycles. The number of anilines is 1. The maximum atomic E-state index is 13.3. The van der Waals surface area contributed by atoms with Crippen molar-refractivity contribution >= 4 is 27.6 Å². The number of morpholine rings is 1. The number of hydrogen-bond donors (Lipinski definition) is 2. The highest BCUT2D eigenvalue weighted by atomic mass is 32.2. The number of carbonyl (C=O) groups excluding carboxylic acids is 2. The standard InChI is InChI=1S/C33H43N3O6S/c1-23(2)31-22-42-20-19-36(31)33(38)27-12-15-28(16-13-27)35-43(39,40)29-17-14-26(30(21-29)34-3)11-9-24-5-7-25(8-6-24)10-18-32(37)41-4/h5-8,14,17,21,23,27-28,31,34-35H,10,12-13,15-16,18-20,22H2,1-4H3/t27-,28-,31-/m1/s1. The topological polar surface area (TPSA) is 114 Å². The molecule has 0 aromatic heterocycles. The van der Waals surface area contributed by atoms with Crippen molar-refractivity contribution < 1.29 is 27.5 Å². The van der Waals surface area contributed by atoms with E-state index in [0.29, 0.717) is 75.5 Å². The number of methoxy groups -OCH3 is 1. The van der Waals surface area contributed by atoms with Crippen molar-refractivity contribution in [2.75, 3.05) is 39.2 Å². The SMILES string of the molecule is CNc1cc(S(=O)(=O)N[C@H]2CC[C@H](C(=O)N3CCOC[C@@H]3C(C)C)CC2)ccc1C#Cc1ccc(CCC(=O)OC)cc1. The average Bonchev–Trinajstić information content (AvgIpc) is 3.02. The van der Waals surface area contributed by atoms with Crippen LogP contribution in [0.1, 0.15) is 62.6 Å². The molecule has 2 aromatic rings. The smallest absolute Gasteiger partial charge is 0.305 e. The number of sulfonamides is 1. The highest BCUT2D eigenvalue weighted by molar-refractivity contribution is 7.89. The zero-order valence-corrected chi connectivity index (χ0v) is 26.3. The molecule has 1 atom stereocenters. The molecule has 10 heteroatoms. The number of aryl methyl sites for hydroxylation is 1. The Balaban J connectivity index is 1.35. The van der Waals surface area contributed by atoms with Gasteiger partial charge in [0.25, 0.3) is 0 Å². The lowest BCUT2D eigenvalue weighted by molar-refractivity contribution is -0.147.